The van der Waals surface area contributed by atoms with E-state index in [2.05, 4.69) is 4.98 Å². The lowest BCUT2D eigenvalue weighted by atomic mass is 9.70. The molecule has 2 rings (SSSR count). The molecule has 0 unspecified atom stereocenters. The predicted octanol–water partition coefficient (Wildman–Crippen LogP) is 2.75. The van der Waals surface area contributed by atoms with Crippen LogP contribution in [0.5, 0.6) is 0 Å². The minimum absolute atomic E-state index is 0.243. The lowest BCUT2D eigenvalue weighted by molar-refractivity contribution is -0.149. The Hall–Kier alpha value is -1.59. The molecule has 1 fully saturated rings. The van der Waals surface area contributed by atoms with Gasteiger partial charge < -0.3 is 5.11 Å². The molecule has 0 aliphatic heterocycles. The van der Waals surface area contributed by atoms with Gasteiger partial charge in [-0.2, -0.15) is 0 Å². The maximum absolute atomic E-state index is 13.7. The number of carboxylic acids is 1. The van der Waals surface area contributed by atoms with Gasteiger partial charge in [0.05, 0.1) is 5.69 Å². The number of hydrogen-bond donors (Lipinski definition) is 1. The molecule has 0 atom stereocenters. The number of hydrogen-bond acceptors (Lipinski definition) is 2. The summed E-state index contributed by atoms with van der Waals surface area (Å²) < 4.78 is 39.9. The van der Waals surface area contributed by atoms with Crippen LogP contribution in [0.2, 0.25) is 0 Å². The van der Waals surface area contributed by atoms with Crippen LogP contribution in [0.1, 0.15) is 31.4 Å². The highest BCUT2D eigenvalue weighted by atomic mass is 19.3. The highest BCUT2D eigenvalue weighted by Gasteiger charge is 2.51. The van der Waals surface area contributed by atoms with E-state index >= 15 is 0 Å². The molecule has 1 saturated carbocycles. The molecule has 0 aromatic carbocycles. The maximum Gasteiger partial charge on any atom is 0.315 e. The van der Waals surface area contributed by atoms with Crippen molar-refractivity contribution in [2.24, 2.45) is 0 Å². The first-order valence-corrected chi connectivity index (χ1v) is 5.60. The molecule has 6 heteroatoms. The Morgan fingerprint density at radius 1 is 1.28 bits per heavy atom. The van der Waals surface area contributed by atoms with E-state index in [4.69, 9.17) is 0 Å². The van der Waals surface area contributed by atoms with Crippen molar-refractivity contribution in [3.63, 3.8) is 0 Å². The fourth-order valence-corrected chi connectivity index (χ4v) is 2.33. The summed E-state index contributed by atoms with van der Waals surface area (Å²) in [5, 5.41) is 9.29. The first-order valence-electron chi connectivity index (χ1n) is 5.60. The Balaban J connectivity index is 2.42. The highest BCUT2D eigenvalue weighted by molar-refractivity contribution is 5.81. The third kappa shape index (κ3) is 2.07. The van der Waals surface area contributed by atoms with E-state index in [-0.39, 0.29) is 18.5 Å². The van der Waals surface area contributed by atoms with Crippen LogP contribution in [-0.4, -0.2) is 22.0 Å². The van der Waals surface area contributed by atoms with E-state index in [0.29, 0.717) is 0 Å². The van der Waals surface area contributed by atoms with Gasteiger partial charge in [0.25, 0.3) is 0 Å². The molecule has 18 heavy (non-hydrogen) atoms. The summed E-state index contributed by atoms with van der Waals surface area (Å²) in [4.78, 5) is 15.1. The fourth-order valence-electron chi connectivity index (χ4n) is 2.33. The van der Waals surface area contributed by atoms with Gasteiger partial charge in [-0.3, -0.25) is 9.78 Å². The van der Waals surface area contributed by atoms with Crippen molar-refractivity contribution >= 4 is 5.97 Å². The molecule has 98 valence electrons. The Morgan fingerprint density at radius 2 is 1.89 bits per heavy atom. The first-order chi connectivity index (χ1) is 8.37. The largest absolute Gasteiger partial charge is 0.481 e. The minimum Gasteiger partial charge on any atom is -0.481 e. The Labute approximate surface area is 102 Å². The summed E-state index contributed by atoms with van der Waals surface area (Å²) >= 11 is 0. The zero-order valence-electron chi connectivity index (χ0n) is 9.50. The Bertz CT molecular complexity index is 466. The van der Waals surface area contributed by atoms with Crippen LogP contribution in [0.4, 0.5) is 13.2 Å². The standard InChI is InChI=1S/C12H12F3NO2/c13-8-2-1-7-16-9(8)11(10(17)18)3-5-12(14,15)6-4-11/h1-2,7H,3-6H2,(H,17,18). The van der Waals surface area contributed by atoms with Crippen molar-refractivity contribution in [1.82, 2.24) is 4.98 Å². The lowest BCUT2D eigenvalue weighted by Gasteiger charge is -2.36. The number of alkyl halides is 2. The highest BCUT2D eigenvalue weighted by Crippen LogP contribution is 2.45. The van der Waals surface area contributed by atoms with Gasteiger partial charge in [-0.15, -0.1) is 0 Å². The lowest BCUT2D eigenvalue weighted by Crippen LogP contribution is -2.44. The smallest absolute Gasteiger partial charge is 0.315 e. The van der Waals surface area contributed by atoms with Crippen molar-refractivity contribution in [2.45, 2.75) is 37.0 Å². The molecule has 1 aromatic heterocycles. The van der Waals surface area contributed by atoms with Crippen molar-refractivity contribution in [3.8, 4) is 0 Å². The zero-order valence-corrected chi connectivity index (χ0v) is 9.50. The van der Waals surface area contributed by atoms with Gasteiger partial charge in [-0.1, -0.05) is 0 Å². The summed E-state index contributed by atoms with van der Waals surface area (Å²) in [6.45, 7) is 0. The van der Waals surface area contributed by atoms with Gasteiger partial charge in [0.1, 0.15) is 11.2 Å². The summed E-state index contributed by atoms with van der Waals surface area (Å²) in [7, 11) is 0. The molecule has 1 aromatic rings. The van der Waals surface area contributed by atoms with Crippen molar-refractivity contribution in [3.05, 3.63) is 29.8 Å². The monoisotopic (exact) mass is 259 g/mol. The topological polar surface area (TPSA) is 50.2 Å². The molecule has 1 aliphatic rings. The van der Waals surface area contributed by atoms with E-state index in [9.17, 15) is 23.1 Å². The fraction of sp³-hybridized carbons (Fsp3) is 0.500. The SMILES string of the molecule is O=C(O)C1(c2ncccc2F)CCC(F)(F)CC1. The molecule has 1 aliphatic carbocycles. The van der Waals surface area contributed by atoms with Crippen LogP contribution < -0.4 is 0 Å². The van der Waals surface area contributed by atoms with E-state index in [1.807, 2.05) is 0 Å². The summed E-state index contributed by atoms with van der Waals surface area (Å²) in [5.41, 5.74) is -1.87. The van der Waals surface area contributed by atoms with E-state index in [1.54, 1.807) is 0 Å². The number of rotatable bonds is 2. The molecule has 1 N–H and O–H groups in total. The van der Waals surface area contributed by atoms with Crippen LogP contribution in [0.15, 0.2) is 18.3 Å². The second-order valence-corrected chi connectivity index (χ2v) is 4.58. The summed E-state index contributed by atoms with van der Waals surface area (Å²) in [5.74, 6) is -4.93. The molecule has 3 nitrogen and oxygen atoms in total. The quantitative estimate of drug-likeness (QED) is 0.888. The van der Waals surface area contributed by atoms with Gasteiger partial charge in [-0.25, -0.2) is 13.2 Å². The van der Waals surface area contributed by atoms with Gasteiger partial charge in [0, 0.05) is 19.0 Å². The molecule has 0 radical (unpaired) electrons. The van der Waals surface area contributed by atoms with Crippen molar-refractivity contribution < 1.29 is 23.1 Å². The number of halogens is 3. The number of carboxylic acid groups (broad SMARTS) is 1. The van der Waals surface area contributed by atoms with Crippen LogP contribution in [-0.2, 0) is 10.2 Å². The van der Waals surface area contributed by atoms with Crippen LogP contribution >= 0.6 is 0 Å². The average molecular weight is 259 g/mol. The van der Waals surface area contributed by atoms with Gasteiger partial charge in [-0.05, 0) is 25.0 Å². The van der Waals surface area contributed by atoms with Gasteiger partial charge >= 0.3 is 5.97 Å². The summed E-state index contributed by atoms with van der Waals surface area (Å²) in [6.07, 6.45) is -0.451. The molecule has 0 bridgehead atoms. The van der Waals surface area contributed by atoms with Crippen LogP contribution in [0.25, 0.3) is 0 Å². The first kappa shape index (κ1) is 12.9. The van der Waals surface area contributed by atoms with E-state index in [0.717, 1.165) is 6.07 Å². The molecular weight excluding hydrogens is 247 g/mol. The van der Waals surface area contributed by atoms with Crippen LogP contribution in [0, 0.1) is 5.82 Å². The van der Waals surface area contributed by atoms with Crippen LogP contribution in [0.3, 0.4) is 0 Å². The van der Waals surface area contributed by atoms with Crippen molar-refractivity contribution in [2.75, 3.05) is 0 Å². The third-order valence-electron chi connectivity index (χ3n) is 3.46. The number of aliphatic carboxylic acids is 1. The van der Waals surface area contributed by atoms with Crippen molar-refractivity contribution in [1.29, 1.82) is 0 Å². The third-order valence-corrected chi connectivity index (χ3v) is 3.46. The van der Waals surface area contributed by atoms with Gasteiger partial charge in [0.15, 0.2) is 0 Å². The second-order valence-electron chi connectivity index (χ2n) is 4.58. The number of aromatic nitrogens is 1. The minimum atomic E-state index is -2.87. The summed E-state index contributed by atoms with van der Waals surface area (Å²) in [6, 6.07) is 2.44. The predicted molar refractivity (Wildman–Crippen MR) is 56.9 cm³/mol. The van der Waals surface area contributed by atoms with Gasteiger partial charge in [0.2, 0.25) is 5.92 Å². The molecule has 1 heterocycles. The number of nitrogens with zero attached hydrogens (tertiary/aromatic N) is 1. The molecule has 0 saturated heterocycles. The second kappa shape index (κ2) is 4.26. The number of pyridine rings is 1. The average Bonchev–Trinajstić information content (AvgIpc) is 2.30. The zero-order chi connectivity index (χ0) is 13.4. The molecular formula is C12H12F3NO2. The number of carbonyl (C=O) groups is 1. The normalized spacial score (nSPS) is 21.5. The van der Waals surface area contributed by atoms with E-state index < -0.39 is 36.0 Å². The maximum atomic E-state index is 13.7. The van der Waals surface area contributed by atoms with E-state index in [1.165, 1.54) is 12.3 Å². The Kier molecular flexibility index (Phi) is 3.04. The molecule has 0 spiro atoms. The molecule has 0 amide bonds. The Morgan fingerprint density at radius 3 is 2.39 bits per heavy atom.